The molecule has 106 valence electrons. The van der Waals surface area contributed by atoms with Crippen LogP contribution >= 0.6 is 0 Å². The van der Waals surface area contributed by atoms with E-state index >= 15 is 0 Å². The maximum absolute atomic E-state index is 11.9. The molecule has 1 aromatic rings. The first kappa shape index (κ1) is 14.0. The molecule has 6 heteroatoms. The maximum Gasteiger partial charge on any atom is 0.240 e. The topological polar surface area (TPSA) is 78.6 Å². The van der Waals surface area contributed by atoms with E-state index in [2.05, 4.69) is 15.4 Å². The number of aliphatic hydroxyl groups is 1. The molecule has 19 heavy (non-hydrogen) atoms. The number of anilines is 1. The predicted octanol–water partition coefficient (Wildman–Crippen LogP) is 1.16. The van der Waals surface area contributed by atoms with Gasteiger partial charge in [0.2, 0.25) is 11.8 Å². The van der Waals surface area contributed by atoms with Crippen molar-refractivity contribution in [3.05, 3.63) is 11.8 Å². The summed E-state index contributed by atoms with van der Waals surface area (Å²) in [7, 11) is 0. The van der Waals surface area contributed by atoms with E-state index in [0.717, 1.165) is 31.5 Å². The highest BCUT2D eigenvalue weighted by Crippen LogP contribution is 2.19. The number of amides is 1. The van der Waals surface area contributed by atoms with Crippen LogP contribution in [-0.2, 0) is 4.79 Å². The second kappa shape index (κ2) is 6.68. The first-order valence-corrected chi connectivity index (χ1v) is 6.77. The van der Waals surface area contributed by atoms with Gasteiger partial charge in [0, 0.05) is 18.7 Å². The average Bonchev–Trinajstić information content (AvgIpc) is 2.77. The van der Waals surface area contributed by atoms with Gasteiger partial charge in [-0.1, -0.05) is 11.6 Å². The molecule has 0 aliphatic carbocycles. The third-order valence-electron chi connectivity index (χ3n) is 3.45. The van der Waals surface area contributed by atoms with Crippen molar-refractivity contribution in [2.45, 2.75) is 38.6 Å². The van der Waals surface area contributed by atoms with Crippen molar-refractivity contribution in [1.82, 2.24) is 10.1 Å². The SMILES string of the molecule is Cc1cc(NC(=O)CN2CCCCC2CCO)on1. The van der Waals surface area contributed by atoms with E-state index in [4.69, 9.17) is 9.63 Å². The van der Waals surface area contributed by atoms with E-state index in [9.17, 15) is 4.79 Å². The fraction of sp³-hybridized carbons (Fsp3) is 0.692. The zero-order chi connectivity index (χ0) is 13.7. The van der Waals surface area contributed by atoms with Crippen LogP contribution in [0.3, 0.4) is 0 Å². The van der Waals surface area contributed by atoms with Gasteiger partial charge in [0.1, 0.15) is 0 Å². The number of aryl methyl sites for hydroxylation is 1. The molecule has 0 aromatic carbocycles. The lowest BCUT2D eigenvalue weighted by Gasteiger charge is -2.34. The first-order valence-electron chi connectivity index (χ1n) is 6.77. The summed E-state index contributed by atoms with van der Waals surface area (Å²) in [6.45, 7) is 3.23. The Kier molecular flexibility index (Phi) is 4.93. The van der Waals surface area contributed by atoms with Gasteiger partial charge in [-0.15, -0.1) is 0 Å². The minimum Gasteiger partial charge on any atom is -0.396 e. The number of nitrogens with zero attached hydrogens (tertiary/aromatic N) is 2. The van der Waals surface area contributed by atoms with Crippen LogP contribution in [0, 0.1) is 6.92 Å². The number of likely N-dealkylation sites (tertiary alicyclic amines) is 1. The zero-order valence-electron chi connectivity index (χ0n) is 11.3. The molecular weight excluding hydrogens is 246 g/mol. The van der Waals surface area contributed by atoms with Crippen molar-refractivity contribution < 1.29 is 14.4 Å². The van der Waals surface area contributed by atoms with Gasteiger partial charge in [0.05, 0.1) is 12.2 Å². The molecule has 0 radical (unpaired) electrons. The van der Waals surface area contributed by atoms with Crippen LogP contribution in [0.25, 0.3) is 0 Å². The van der Waals surface area contributed by atoms with Gasteiger partial charge in [-0.2, -0.15) is 0 Å². The van der Waals surface area contributed by atoms with Gasteiger partial charge in [-0.25, -0.2) is 0 Å². The molecule has 1 aromatic heterocycles. The summed E-state index contributed by atoms with van der Waals surface area (Å²) in [6.07, 6.45) is 4.06. The molecule has 0 saturated carbocycles. The largest absolute Gasteiger partial charge is 0.396 e. The Morgan fingerprint density at radius 3 is 3.16 bits per heavy atom. The summed E-state index contributed by atoms with van der Waals surface area (Å²) in [5, 5.41) is 15.5. The monoisotopic (exact) mass is 267 g/mol. The summed E-state index contributed by atoms with van der Waals surface area (Å²) < 4.78 is 4.96. The molecule has 1 amide bonds. The van der Waals surface area contributed by atoms with Gasteiger partial charge >= 0.3 is 0 Å². The molecule has 6 nitrogen and oxygen atoms in total. The number of hydrogen-bond acceptors (Lipinski definition) is 5. The highest BCUT2D eigenvalue weighted by Gasteiger charge is 2.24. The predicted molar refractivity (Wildman–Crippen MR) is 70.8 cm³/mol. The van der Waals surface area contributed by atoms with E-state index in [0.29, 0.717) is 18.5 Å². The molecule has 2 rings (SSSR count). The molecule has 1 saturated heterocycles. The smallest absolute Gasteiger partial charge is 0.240 e. The highest BCUT2D eigenvalue weighted by molar-refractivity contribution is 5.91. The third kappa shape index (κ3) is 4.04. The molecular formula is C13H21N3O3. The Bertz CT molecular complexity index is 417. The van der Waals surface area contributed by atoms with Crippen LogP contribution in [0.5, 0.6) is 0 Å². The van der Waals surface area contributed by atoms with Gasteiger partial charge in [0.15, 0.2) is 0 Å². The number of piperidine rings is 1. The molecule has 1 fully saturated rings. The Morgan fingerprint density at radius 2 is 2.47 bits per heavy atom. The van der Waals surface area contributed by atoms with Crippen molar-refractivity contribution in [3.63, 3.8) is 0 Å². The van der Waals surface area contributed by atoms with E-state index < -0.39 is 0 Å². The summed E-state index contributed by atoms with van der Waals surface area (Å²) in [5.74, 6) is 0.291. The number of hydrogen-bond donors (Lipinski definition) is 2. The van der Waals surface area contributed by atoms with E-state index in [-0.39, 0.29) is 12.5 Å². The number of nitrogens with one attached hydrogen (secondary N) is 1. The van der Waals surface area contributed by atoms with Crippen molar-refractivity contribution >= 4 is 11.8 Å². The molecule has 0 bridgehead atoms. The van der Waals surface area contributed by atoms with E-state index in [1.807, 2.05) is 0 Å². The number of aromatic nitrogens is 1. The lowest BCUT2D eigenvalue weighted by molar-refractivity contribution is -0.118. The number of aliphatic hydroxyl groups excluding tert-OH is 1. The summed E-state index contributed by atoms with van der Waals surface area (Å²) in [6, 6.07) is 2.00. The highest BCUT2D eigenvalue weighted by atomic mass is 16.5. The summed E-state index contributed by atoms with van der Waals surface area (Å²) in [5.41, 5.74) is 0.742. The molecule has 1 atom stereocenters. The summed E-state index contributed by atoms with van der Waals surface area (Å²) in [4.78, 5) is 14.1. The van der Waals surface area contributed by atoms with Crippen LogP contribution < -0.4 is 5.32 Å². The Morgan fingerprint density at radius 1 is 1.63 bits per heavy atom. The Balaban J connectivity index is 1.86. The average molecular weight is 267 g/mol. The van der Waals surface area contributed by atoms with E-state index in [1.54, 1.807) is 13.0 Å². The molecule has 1 aliphatic heterocycles. The Labute approximate surface area is 112 Å². The van der Waals surface area contributed by atoms with Gasteiger partial charge < -0.3 is 9.63 Å². The Hall–Kier alpha value is -1.40. The summed E-state index contributed by atoms with van der Waals surface area (Å²) >= 11 is 0. The van der Waals surface area contributed by atoms with E-state index in [1.165, 1.54) is 6.42 Å². The first-order chi connectivity index (χ1) is 9.19. The van der Waals surface area contributed by atoms with Crippen molar-refractivity contribution in [2.24, 2.45) is 0 Å². The lowest BCUT2D eigenvalue weighted by atomic mass is 10.00. The minimum absolute atomic E-state index is 0.0963. The van der Waals surface area contributed by atoms with Crippen molar-refractivity contribution in [1.29, 1.82) is 0 Å². The standard InChI is InChI=1S/C13H21N3O3/c1-10-8-13(19-15-10)14-12(18)9-16-6-3-2-4-11(16)5-7-17/h8,11,17H,2-7,9H2,1H3,(H,14,18). The van der Waals surface area contributed by atoms with Crippen LogP contribution in [-0.4, -0.2) is 46.8 Å². The number of carbonyl (C=O) groups is 1. The molecule has 2 N–H and O–H groups in total. The molecule has 1 unspecified atom stereocenters. The van der Waals surface area contributed by atoms with Crippen LogP contribution in [0.2, 0.25) is 0 Å². The van der Waals surface area contributed by atoms with Crippen molar-refractivity contribution in [3.8, 4) is 0 Å². The molecule has 1 aliphatic rings. The minimum atomic E-state index is -0.0963. The van der Waals surface area contributed by atoms with Crippen molar-refractivity contribution in [2.75, 3.05) is 25.0 Å². The molecule has 2 heterocycles. The maximum atomic E-state index is 11.9. The van der Waals surface area contributed by atoms with Crippen LogP contribution in [0.15, 0.2) is 10.6 Å². The zero-order valence-corrected chi connectivity index (χ0v) is 11.3. The second-order valence-electron chi connectivity index (χ2n) is 5.01. The number of carbonyl (C=O) groups excluding carboxylic acids is 1. The van der Waals surface area contributed by atoms with Crippen LogP contribution in [0.4, 0.5) is 5.88 Å². The van der Waals surface area contributed by atoms with Gasteiger partial charge in [-0.05, 0) is 32.7 Å². The lowest BCUT2D eigenvalue weighted by Crippen LogP contribution is -2.44. The number of rotatable bonds is 5. The fourth-order valence-electron chi connectivity index (χ4n) is 2.53. The third-order valence-corrected chi connectivity index (χ3v) is 3.45. The van der Waals surface area contributed by atoms with Crippen LogP contribution in [0.1, 0.15) is 31.4 Å². The quantitative estimate of drug-likeness (QED) is 0.837. The fourth-order valence-corrected chi connectivity index (χ4v) is 2.53. The second-order valence-corrected chi connectivity index (χ2v) is 5.01. The van der Waals surface area contributed by atoms with Gasteiger partial charge in [0.25, 0.3) is 0 Å². The molecule has 0 spiro atoms. The normalized spacial score (nSPS) is 20.4. The van der Waals surface area contributed by atoms with Gasteiger partial charge in [-0.3, -0.25) is 15.0 Å².